The Morgan fingerprint density at radius 1 is 1.25 bits per heavy atom. The Hall–Kier alpha value is -1.27. The highest BCUT2D eigenvalue weighted by Crippen LogP contribution is 2.26. The highest BCUT2D eigenvalue weighted by atomic mass is 35.5. The predicted molar refractivity (Wildman–Crippen MR) is 97.9 cm³/mol. The van der Waals surface area contributed by atoms with Crippen LogP contribution in [0, 0.1) is 0 Å². The summed E-state index contributed by atoms with van der Waals surface area (Å²) in [4.78, 5) is 14.8. The van der Waals surface area contributed by atoms with Crippen molar-refractivity contribution in [2.45, 2.75) is 45.1 Å². The molecular formula is C17H25ClN2O3S. The summed E-state index contributed by atoms with van der Waals surface area (Å²) >= 11 is 6.02. The number of sulfonamides is 1. The van der Waals surface area contributed by atoms with Gasteiger partial charge in [0, 0.05) is 18.1 Å². The molecule has 0 N–H and O–H groups in total. The van der Waals surface area contributed by atoms with Crippen molar-refractivity contribution in [1.82, 2.24) is 4.90 Å². The normalized spacial score (nSPS) is 17.2. The van der Waals surface area contributed by atoms with Crippen LogP contribution in [0.15, 0.2) is 24.3 Å². The van der Waals surface area contributed by atoms with E-state index in [1.165, 1.54) is 4.31 Å². The van der Waals surface area contributed by atoms with Crippen molar-refractivity contribution in [2.75, 3.05) is 23.7 Å². The first-order valence-corrected chi connectivity index (χ1v) is 10.6. The van der Waals surface area contributed by atoms with Gasteiger partial charge in [-0.05, 0) is 37.5 Å². The van der Waals surface area contributed by atoms with Gasteiger partial charge in [0.15, 0.2) is 0 Å². The van der Waals surface area contributed by atoms with Gasteiger partial charge in [0.2, 0.25) is 15.9 Å². The molecule has 134 valence electrons. The van der Waals surface area contributed by atoms with E-state index in [1.807, 2.05) is 11.8 Å². The van der Waals surface area contributed by atoms with E-state index in [2.05, 4.69) is 0 Å². The number of amides is 1. The van der Waals surface area contributed by atoms with E-state index in [4.69, 9.17) is 11.6 Å². The van der Waals surface area contributed by atoms with Crippen LogP contribution in [0.3, 0.4) is 0 Å². The Kier molecular flexibility index (Phi) is 6.52. The molecule has 5 nitrogen and oxygen atoms in total. The van der Waals surface area contributed by atoms with E-state index in [0.29, 0.717) is 30.2 Å². The van der Waals surface area contributed by atoms with Gasteiger partial charge in [0.25, 0.3) is 0 Å². The monoisotopic (exact) mass is 372 g/mol. The van der Waals surface area contributed by atoms with E-state index in [1.54, 1.807) is 24.3 Å². The Balaban J connectivity index is 2.36. The summed E-state index contributed by atoms with van der Waals surface area (Å²) in [5, 5.41) is 0.443. The molecule has 0 unspecified atom stereocenters. The van der Waals surface area contributed by atoms with E-state index in [-0.39, 0.29) is 5.91 Å². The number of nitrogens with zero attached hydrogens (tertiary/aromatic N) is 2. The average Bonchev–Trinajstić information content (AvgIpc) is 2.79. The lowest BCUT2D eigenvalue weighted by molar-refractivity contribution is -0.132. The summed E-state index contributed by atoms with van der Waals surface area (Å²) in [7, 11) is -3.61. The van der Waals surface area contributed by atoms with Crippen LogP contribution in [0.25, 0.3) is 0 Å². The third-order valence-electron chi connectivity index (χ3n) is 4.29. The number of likely N-dealkylation sites (tertiary alicyclic amines) is 1. The van der Waals surface area contributed by atoms with Crippen LogP contribution in [0.5, 0.6) is 0 Å². The van der Waals surface area contributed by atoms with Crippen molar-refractivity contribution < 1.29 is 13.2 Å². The van der Waals surface area contributed by atoms with E-state index >= 15 is 0 Å². The van der Waals surface area contributed by atoms with Crippen molar-refractivity contribution in [3.05, 3.63) is 29.3 Å². The molecule has 0 aliphatic carbocycles. The molecule has 1 atom stereocenters. The lowest BCUT2D eigenvalue weighted by Gasteiger charge is -2.34. The summed E-state index contributed by atoms with van der Waals surface area (Å²) in [6.45, 7) is 3.23. The number of rotatable bonds is 5. The van der Waals surface area contributed by atoms with Crippen LogP contribution in [0.2, 0.25) is 5.02 Å². The van der Waals surface area contributed by atoms with Crippen LogP contribution in [0.1, 0.15) is 39.0 Å². The first kappa shape index (κ1) is 19.1. The second kappa shape index (κ2) is 8.21. The summed E-state index contributed by atoms with van der Waals surface area (Å²) in [5.41, 5.74) is 0.431. The third kappa shape index (κ3) is 4.63. The molecule has 1 aromatic rings. The first-order valence-electron chi connectivity index (χ1n) is 8.38. The van der Waals surface area contributed by atoms with Gasteiger partial charge in [-0.3, -0.25) is 9.10 Å². The van der Waals surface area contributed by atoms with Gasteiger partial charge in [0.1, 0.15) is 6.04 Å². The largest absolute Gasteiger partial charge is 0.341 e. The standard InChI is InChI=1S/C17H25ClN2O3S/c1-3-16(17(21)19-11-6-4-5-7-12-19)20(24(2,22)23)15-10-8-9-14(18)13-15/h8-10,13,16H,3-7,11-12H2,1-2H3/t16-/m1/s1. The molecule has 2 rings (SSSR count). The van der Waals surface area contributed by atoms with Crippen molar-refractivity contribution in [1.29, 1.82) is 0 Å². The fourth-order valence-corrected chi connectivity index (χ4v) is 4.54. The summed E-state index contributed by atoms with van der Waals surface area (Å²) in [5.74, 6) is -0.121. The van der Waals surface area contributed by atoms with Gasteiger partial charge in [-0.1, -0.05) is 37.4 Å². The minimum absolute atomic E-state index is 0.121. The lowest BCUT2D eigenvalue weighted by Crippen LogP contribution is -2.51. The number of hydrogen-bond donors (Lipinski definition) is 0. The quantitative estimate of drug-likeness (QED) is 0.796. The van der Waals surface area contributed by atoms with Crippen LogP contribution in [-0.4, -0.2) is 44.6 Å². The molecular weight excluding hydrogens is 348 g/mol. The summed E-state index contributed by atoms with van der Waals surface area (Å²) < 4.78 is 26.0. The molecule has 0 spiro atoms. The van der Waals surface area contributed by atoms with Gasteiger partial charge in [-0.2, -0.15) is 0 Å². The minimum Gasteiger partial charge on any atom is -0.341 e. The average molecular weight is 373 g/mol. The number of benzene rings is 1. The second-order valence-electron chi connectivity index (χ2n) is 6.20. The molecule has 0 bridgehead atoms. The Morgan fingerprint density at radius 3 is 2.38 bits per heavy atom. The number of hydrogen-bond acceptors (Lipinski definition) is 3. The fraction of sp³-hybridized carbons (Fsp3) is 0.588. The molecule has 0 aromatic heterocycles. The number of anilines is 1. The van der Waals surface area contributed by atoms with E-state index < -0.39 is 16.1 Å². The number of carbonyl (C=O) groups excluding carboxylic acids is 1. The molecule has 0 radical (unpaired) electrons. The SMILES string of the molecule is CC[C@H](C(=O)N1CCCCCC1)N(c1cccc(Cl)c1)S(C)(=O)=O. The Bertz CT molecular complexity index is 670. The van der Waals surface area contributed by atoms with Gasteiger partial charge in [-0.25, -0.2) is 8.42 Å². The van der Waals surface area contributed by atoms with Crippen LogP contribution >= 0.6 is 11.6 Å². The third-order valence-corrected chi connectivity index (χ3v) is 5.71. The van der Waals surface area contributed by atoms with E-state index in [9.17, 15) is 13.2 Å². The fourth-order valence-electron chi connectivity index (χ4n) is 3.16. The van der Waals surface area contributed by atoms with Crippen molar-refractivity contribution in [3.63, 3.8) is 0 Å². The second-order valence-corrected chi connectivity index (χ2v) is 8.50. The molecule has 24 heavy (non-hydrogen) atoms. The molecule has 1 aliphatic heterocycles. The summed E-state index contributed by atoms with van der Waals surface area (Å²) in [6, 6.07) is 5.89. The Morgan fingerprint density at radius 2 is 1.88 bits per heavy atom. The van der Waals surface area contributed by atoms with Crippen LogP contribution in [-0.2, 0) is 14.8 Å². The molecule has 1 saturated heterocycles. The van der Waals surface area contributed by atoms with Gasteiger partial charge in [-0.15, -0.1) is 0 Å². The smallest absolute Gasteiger partial charge is 0.246 e. The number of carbonyl (C=O) groups is 1. The van der Waals surface area contributed by atoms with Crippen LogP contribution < -0.4 is 4.31 Å². The first-order chi connectivity index (χ1) is 11.3. The predicted octanol–water partition coefficient (Wildman–Crippen LogP) is 3.29. The zero-order valence-corrected chi connectivity index (χ0v) is 15.8. The molecule has 7 heteroatoms. The van der Waals surface area contributed by atoms with Crippen molar-refractivity contribution in [3.8, 4) is 0 Å². The molecule has 1 aliphatic rings. The zero-order chi connectivity index (χ0) is 17.7. The van der Waals surface area contributed by atoms with E-state index in [0.717, 1.165) is 31.9 Å². The Labute approximate surface area is 149 Å². The van der Waals surface area contributed by atoms with Crippen LogP contribution in [0.4, 0.5) is 5.69 Å². The molecule has 1 fully saturated rings. The van der Waals surface area contributed by atoms with Gasteiger partial charge < -0.3 is 4.90 Å². The topological polar surface area (TPSA) is 57.7 Å². The number of halogens is 1. The molecule has 1 aromatic carbocycles. The molecule has 1 heterocycles. The lowest BCUT2D eigenvalue weighted by atomic mass is 10.1. The minimum atomic E-state index is -3.61. The van der Waals surface area contributed by atoms with Crippen molar-refractivity contribution >= 4 is 33.2 Å². The molecule has 0 saturated carbocycles. The zero-order valence-electron chi connectivity index (χ0n) is 14.2. The maximum atomic E-state index is 13.0. The van der Waals surface area contributed by atoms with Gasteiger partial charge >= 0.3 is 0 Å². The maximum absolute atomic E-state index is 13.0. The van der Waals surface area contributed by atoms with Crippen molar-refractivity contribution in [2.24, 2.45) is 0 Å². The van der Waals surface area contributed by atoms with Gasteiger partial charge in [0.05, 0.1) is 11.9 Å². The summed E-state index contributed by atoms with van der Waals surface area (Å²) in [6.07, 6.45) is 5.72. The molecule has 1 amide bonds. The highest BCUT2D eigenvalue weighted by Gasteiger charge is 2.34. The highest BCUT2D eigenvalue weighted by molar-refractivity contribution is 7.92. The maximum Gasteiger partial charge on any atom is 0.246 e.